The first-order chi connectivity index (χ1) is 13.8. The normalized spacial score (nSPS) is 14.9. The Morgan fingerprint density at radius 2 is 1.69 bits per heavy atom. The SMILES string of the molecule is COC(=O)c1ccc(S(=O)(=O)N[C@H](c2ccc3c(c2)OCCCO3)C(C)C)cc1. The van der Waals surface area contributed by atoms with Crippen LogP contribution in [0.4, 0.5) is 0 Å². The number of fused-ring (bicyclic) bond motifs is 1. The summed E-state index contributed by atoms with van der Waals surface area (Å²) in [6.07, 6.45) is 0.797. The van der Waals surface area contributed by atoms with Crippen LogP contribution in [0, 0.1) is 5.92 Å². The van der Waals surface area contributed by atoms with Crippen molar-refractivity contribution in [3.8, 4) is 11.5 Å². The maximum Gasteiger partial charge on any atom is 0.337 e. The van der Waals surface area contributed by atoms with Gasteiger partial charge in [0.25, 0.3) is 0 Å². The minimum absolute atomic E-state index is 0.0103. The number of carbonyl (C=O) groups excluding carboxylic acids is 1. The quantitative estimate of drug-likeness (QED) is 0.723. The zero-order valence-electron chi connectivity index (χ0n) is 16.7. The molecule has 1 N–H and O–H groups in total. The van der Waals surface area contributed by atoms with E-state index in [0.29, 0.717) is 24.7 Å². The van der Waals surface area contributed by atoms with Gasteiger partial charge in [-0.1, -0.05) is 19.9 Å². The molecule has 8 heteroatoms. The van der Waals surface area contributed by atoms with Crippen LogP contribution in [0.15, 0.2) is 47.4 Å². The van der Waals surface area contributed by atoms with E-state index in [-0.39, 0.29) is 16.4 Å². The Hall–Kier alpha value is -2.58. The lowest BCUT2D eigenvalue weighted by atomic mass is 9.97. The molecule has 0 saturated heterocycles. The van der Waals surface area contributed by atoms with E-state index >= 15 is 0 Å². The average molecular weight is 419 g/mol. The van der Waals surface area contributed by atoms with Gasteiger partial charge in [0.1, 0.15) is 0 Å². The van der Waals surface area contributed by atoms with Gasteiger partial charge in [-0.3, -0.25) is 0 Å². The Labute approximate surface area is 171 Å². The number of benzene rings is 2. The summed E-state index contributed by atoms with van der Waals surface area (Å²) in [6, 6.07) is 10.7. The first-order valence-electron chi connectivity index (χ1n) is 9.42. The van der Waals surface area contributed by atoms with Crippen molar-refractivity contribution in [1.82, 2.24) is 4.72 Å². The molecule has 0 fully saturated rings. The highest BCUT2D eigenvalue weighted by atomic mass is 32.2. The highest BCUT2D eigenvalue weighted by molar-refractivity contribution is 7.89. The second kappa shape index (κ2) is 8.84. The van der Waals surface area contributed by atoms with Gasteiger partial charge in [-0.2, -0.15) is 0 Å². The van der Waals surface area contributed by atoms with Gasteiger partial charge in [-0.05, 0) is 47.9 Å². The Morgan fingerprint density at radius 1 is 1.03 bits per heavy atom. The molecule has 3 rings (SSSR count). The summed E-state index contributed by atoms with van der Waals surface area (Å²) < 4.78 is 44.7. The van der Waals surface area contributed by atoms with Crippen molar-refractivity contribution in [1.29, 1.82) is 0 Å². The van der Waals surface area contributed by atoms with Crippen LogP contribution in [-0.2, 0) is 14.8 Å². The van der Waals surface area contributed by atoms with Gasteiger partial charge in [0.15, 0.2) is 11.5 Å². The number of sulfonamides is 1. The first-order valence-corrected chi connectivity index (χ1v) is 10.9. The molecule has 1 atom stereocenters. The fraction of sp³-hybridized carbons (Fsp3) is 0.381. The van der Waals surface area contributed by atoms with Gasteiger partial charge in [0.05, 0.1) is 30.8 Å². The van der Waals surface area contributed by atoms with Crippen LogP contribution in [0.5, 0.6) is 11.5 Å². The molecule has 29 heavy (non-hydrogen) atoms. The zero-order valence-corrected chi connectivity index (χ0v) is 17.5. The molecule has 0 unspecified atom stereocenters. The number of methoxy groups -OCH3 is 1. The minimum atomic E-state index is -3.80. The third-order valence-electron chi connectivity index (χ3n) is 4.67. The van der Waals surface area contributed by atoms with E-state index in [2.05, 4.69) is 9.46 Å². The fourth-order valence-corrected chi connectivity index (χ4v) is 4.46. The molecule has 1 heterocycles. The van der Waals surface area contributed by atoms with Gasteiger partial charge in [-0.15, -0.1) is 0 Å². The van der Waals surface area contributed by atoms with Crippen LogP contribution >= 0.6 is 0 Å². The van der Waals surface area contributed by atoms with Crippen molar-refractivity contribution in [2.75, 3.05) is 20.3 Å². The van der Waals surface area contributed by atoms with Gasteiger partial charge >= 0.3 is 5.97 Å². The summed E-state index contributed by atoms with van der Waals surface area (Å²) in [5.74, 6) is 0.750. The largest absolute Gasteiger partial charge is 0.490 e. The molecule has 0 aliphatic carbocycles. The molecule has 0 bridgehead atoms. The molecule has 0 radical (unpaired) electrons. The van der Waals surface area contributed by atoms with Crippen molar-refractivity contribution in [3.63, 3.8) is 0 Å². The van der Waals surface area contributed by atoms with E-state index in [1.807, 2.05) is 32.0 Å². The molecule has 0 aromatic heterocycles. The Balaban J connectivity index is 1.86. The molecule has 0 amide bonds. The number of hydrogen-bond acceptors (Lipinski definition) is 6. The van der Waals surface area contributed by atoms with Crippen LogP contribution in [-0.4, -0.2) is 34.7 Å². The smallest absolute Gasteiger partial charge is 0.337 e. The van der Waals surface area contributed by atoms with Gasteiger partial charge < -0.3 is 14.2 Å². The van der Waals surface area contributed by atoms with Gasteiger partial charge in [0, 0.05) is 12.5 Å². The third-order valence-corrected chi connectivity index (χ3v) is 6.12. The molecule has 1 aliphatic rings. The Bertz CT molecular complexity index is 969. The van der Waals surface area contributed by atoms with Crippen LogP contribution in [0.1, 0.15) is 42.2 Å². The minimum Gasteiger partial charge on any atom is -0.490 e. The first kappa shape index (κ1) is 21.1. The summed E-state index contributed by atoms with van der Waals surface area (Å²) in [5, 5.41) is 0. The predicted molar refractivity (Wildman–Crippen MR) is 108 cm³/mol. The molecule has 2 aromatic rings. The fourth-order valence-electron chi connectivity index (χ4n) is 3.09. The van der Waals surface area contributed by atoms with Crippen molar-refractivity contribution in [3.05, 3.63) is 53.6 Å². The monoisotopic (exact) mass is 419 g/mol. The summed E-state index contributed by atoms with van der Waals surface area (Å²) in [6.45, 7) is 5.03. The van der Waals surface area contributed by atoms with Crippen molar-refractivity contribution in [2.24, 2.45) is 5.92 Å². The lowest BCUT2D eigenvalue weighted by molar-refractivity contribution is 0.0600. The number of ether oxygens (including phenoxy) is 3. The van der Waals surface area contributed by atoms with Crippen LogP contribution in [0.3, 0.4) is 0 Å². The van der Waals surface area contributed by atoms with Crippen LogP contribution < -0.4 is 14.2 Å². The summed E-state index contributed by atoms with van der Waals surface area (Å²) >= 11 is 0. The van der Waals surface area contributed by atoms with Crippen molar-refractivity contribution >= 4 is 16.0 Å². The molecular formula is C21H25NO6S. The third kappa shape index (κ3) is 4.89. The predicted octanol–water partition coefficient (Wildman–Crippen LogP) is 3.31. The molecule has 0 saturated carbocycles. The molecule has 2 aromatic carbocycles. The zero-order chi connectivity index (χ0) is 21.0. The van der Waals surface area contributed by atoms with Crippen molar-refractivity contribution in [2.45, 2.75) is 31.2 Å². The maximum atomic E-state index is 12.9. The second-order valence-corrected chi connectivity index (χ2v) is 8.83. The van der Waals surface area contributed by atoms with E-state index in [9.17, 15) is 13.2 Å². The molecule has 156 valence electrons. The number of rotatable bonds is 6. The second-order valence-electron chi connectivity index (χ2n) is 7.12. The topological polar surface area (TPSA) is 90.9 Å². The summed E-state index contributed by atoms with van der Waals surface area (Å²) in [5.41, 5.74) is 1.08. The molecule has 1 aliphatic heterocycles. The lowest BCUT2D eigenvalue weighted by Crippen LogP contribution is -2.31. The lowest BCUT2D eigenvalue weighted by Gasteiger charge is -2.24. The number of nitrogens with one attached hydrogen (secondary N) is 1. The van der Waals surface area contributed by atoms with Gasteiger partial charge in [0.2, 0.25) is 10.0 Å². The summed E-state index contributed by atoms with van der Waals surface area (Å²) in [7, 11) is -2.53. The molecule has 0 spiro atoms. The Kier molecular flexibility index (Phi) is 6.44. The number of hydrogen-bond donors (Lipinski definition) is 1. The van der Waals surface area contributed by atoms with Crippen molar-refractivity contribution < 1.29 is 27.4 Å². The molecule has 7 nitrogen and oxygen atoms in total. The van der Waals surface area contributed by atoms with E-state index in [4.69, 9.17) is 9.47 Å². The standard InChI is InChI=1S/C21H25NO6S/c1-14(2)20(16-7-10-18-19(13-16)28-12-4-11-27-18)22-29(24,25)17-8-5-15(6-9-17)21(23)26-3/h5-10,13-14,20,22H,4,11-12H2,1-3H3/t20-/m0/s1. The van der Waals surface area contributed by atoms with Crippen LogP contribution in [0.2, 0.25) is 0 Å². The highest BCUT2D eigenvalue weighted by Crippen LogP contribution is 2.34. The van der Waals surface area contributed by atoms with E-state index in [1.54, 1.807) is 0 Å². The number of esters is 1. The van der Waals surface area contributed by atoms with E-state index < -0.39 is 22.0 Å². The Morgan fingerprint density at radius 3 is 2.31 bits per heavy atom. The molecular weight excluding hydrogens is 394 g/mol. The summed E-state index contributed by atoms with van der Waals surface area (Å²) in [4.78, 5) is 11.6. The van der Waals surface area contributed by atoms with Gasteiger partial charge in [-0.25, -0.2) is 17.9 Å². The maximum absolute atomic E-state index is 12.9. The van der Waals surface area contributed by atoms with Crippen LogP contribution in [0.25, 0.3) is 0 Å². The van der Waals surface area contributed by atoms with E-state index in [1.165, 1.54) is 31.4 Å². The highest BCUT2D eigenvalue weighted by Gasteiger charge is 2.25. The average Bonchev–Trinajstić information content (AvgIpc) is 2.96. The number of carbonyl (C=O) groups is 1. The van der Waals surface area contributed by atoms with E-state index in [0.717, 1.165) is 12.0 Å².